The van der Waals surface area contributed by atoms with Gasteiger partial charge in [0.05, 0.1) is 0 Å². The average molecular weight is 252 g/mol. The van der Waals surface area contributed by atoms with Gasteiger partial charge in [-0.15, -0.1) is 0 Å². The second-order valence-electron chi connectivity index (χ2n) is 2.15. The number of para-hydroxylation sites is 1. The van der Waals surface area contributed by atoms with Crippen molar-refractivity contribution in [3.8, 4) is 0 Å². The Morgan fingerprint density at radius 1 is 1.43 bits per heavy atom. The van der Waals surface area contributed by atoms with Crippen LogP contribution < -0.4 is 56.4 Å². The maximum Gasteiger partial charge on any atom is 1.00 e. The van der Waals surface area contributed by atoms with Crippen LogP contribution in [-0.2, 0) is 12.6 Å². The first kappa shape index (κ1) is 14.4. The number of thiocarbonyl (C=S) groups is 1. The van der Waals surface area contributed by atoms with Gasteiger partial charge in [-0.3, -0.25) is 0 Å². The summed E-state index contributed by atoms with van der Waals surface area (Å²) in [4.78, 5) is 10.5. The van der Waals surface area contributed by atoms with E-state index in [9.17, 15) is 10.1 Å². The van der Waals surface area contributed by atoms with Crippen molar-refractivity contribution in [2.24, 2.45) is 0 Å². The molecule has 0 atom stereocenters. The van der Waals surface area contributed by atoms with E-state index in [-0.39, 0.29) is 55.7 Å². The van der Waals surface area contributed by atoms with Crippen LogP contribution in [-0.4, -0.2) is 9.35 Å². The van der Waals surface area contributed by atoms with Crippen LogP contribution in [0.25, 0.3) is 0 Å². The summed E-state index contributed by atoms with van der Waals surface area (Å²) in [6, 6.07) is 8.26. The molecule has 0 aliphatic rings. The first-order chi connectivity index (χ1) is 6.13. The Morgan fingerprint density at radius 2 is 1.93 bits per heavy atom. The van der Waals surface area contributed by atoms with Crippen LogP contribution in [0.1, 0.15) is 0 Å². The SMILES string of the molecule is O=[N+]([O-])N(C(=S)[S-])c1ccccc1.[K+]. The van der Waals surface area contributed by atoms with E-state index in [4.69, 9.17) is 0 Å². The number of hydrogen-bond acceptors (Lipinski definition) is 4. The van der Waals surface area contributed by atoms with Crippen LogP contribution in [0.15, 0.2) is 30.3 Å². The van der Waals surface area contributed by atoms with Gasteiger partial charge in [-0.05, 0) is 12.1 Å². The molecule has 7 heteroatoms. The number of anilines is 1. The Morgan fingerprint density at radius 3 is 2.29 bits per heavy atom. The van der Waals surface area contributed by atoms with E-state index in [2.05, 4.69) is 24.8 Å². The van der Waals surface area contributed by atoms with Gasteiger partial charge in [0, 0.05) is 4.32 Å². The second kappa shape index (κ2) is 6.78. The fraction of sp³-hybridized carbons (Fsp3) is 0. The summed E-state index contributed by atoms with van der Waals surface area (Å²) >= 11 is 9.15. The van der Waals surface area contributed by atoms with Crippen molar-refractivity contribution in [1.82, 2.24) is 0 Å². The van der Waals surface area contributed by atoms with E-state index in [1.54, 1.807) is 30.3 Å². The molecule has 0 unspecified atom stereocenters. The second-order valence-corrected chi connectivity index (χ2v) is 3.18. The van der Waals surface area contributed by atoms with Gasteiger partial charge in [0.1, 0.15) is 5.69 Å². The van der Waals surface area contributed by atoms with Crippen LogP contribution in [0, 0.1) is 10.1 Å². The number of rotatable bonds is 2. The molecule has 14 heavy (non-hydrogen) atoms. The monoisotopic (exact) mass is 252 g/mol. The smallest absolute Gasteiger partial charge is 0.405 e. The van der Waals surface area contributed by atoms with Crippen molar-refractivity contribution in [3.05, 3.63) is 40.4 Å². The fourth-order valence-electron chi connectivity index (χ4n) is 0.836. The van der Waals surface area contributed by atoms with E-state index in [1.165, 1.54) is 0 Å². The minimum Gasteiger partial charge on any atom is -0.405 e. The van der Waals surface area contributed by atoms with Gasteiger partial charge in [0.15, 0.2) is 5.03 Å². The molecule has 68 valence electrons. The third kappa shape index (κ3) is 3.85. The molecule has 0 radical (unpaired) electrons. The quantitative estimate of drug-likeness (QED) is 0.211. The number of hydrazine groups is 1. The molecule has 4 nitrogen and oxygen atoms in total. The summed E-state index contributed by atoms with van der Waals surface area (Å²) in [5.74, 6) is 0. The van der Waals surface area contributed by atoms with Crippen molar-refractivity contribution in [1.29, 1.82) is 0 Å². The molecule has 0 heterocycles. The van der Waals surface area contributed by atoms with E-state index >= 15 is 0 Å². The van der Waals surface area contributed by atoms with Gasteiger partial charge in [-0.25, -0.2) is 10.1 Å². The van der Waals surface area contributed by atoms with Gasteiger partial charge in [-0.2, -0.15) is 0 Å². The average Bonchev–Trinajstić information content (AvgIpc) is 2.04. The van der Waals surface area contributed by atoms with Crippen LogP contribution in [0.2, 0.25) is 0 Å². The minimum absolute atomic E-state index is 0. The topological polar surface area (TPSA) is 46.4 Å². The van der Waals surface area contributed by atoms with Crippen LogP contribution in [0.5, 0.6) is 0 Å². The molecular weight excluding hydrogens is 247 g/mol. The first-order valence-electron chi connectivity index (χ1n) is 3.33. The molecule has 0 aliphatic carbocycles. The van der Waals surface area contributed by atoms with Gasteiger partial charge in [0.25, 0.3) is 0 Å². The Hall–Kier alpha value is 0.366. The summed E-state index contributed by atoms with van der Waals surface area (Å²) in [5.41, 5.74) is 0.368. The van der Waals surface area contributed by atoms with Crippen molar-refractivity contribution < 1.29 is 56.4 Å². The molecule has 0 N–H and O–H groups in total. The molecule has 0 bridgehead atoms. The first-order valence-corrected chi connectivity index (χ1v) is 4.15. The summed E-state index contributed by atoms with van der Waals surface area (Å²) in [6.07, 6.45) is 0. The molecule has 0 amide bonds. The summed E-state index contributed by atoms with van der Waals surface area (Å²) in [5, 5.41) is 10.6. The summed E-state index contributed by atoms with van der Waals surface area (Å²) < 4.78 is -0.198. The van der Waals surface area contributed by atoms with E-state index in [0.717, 1.165) is 0 Å². The van der Waals surface area contributed by atoms with Gasteiger partial charge in [-0.1, -0.05) is 23.2 Å². The van der Waals surface area contributed by atoms with Gasteiger partial charge < -0.3 is 24.8 Å². The largest absolute Gasteiger partial charge is 1.00 e. The molecule has 0 saturated carbocycles. The molecular formula is C7H5KN2O2S2. The van der Waals surface area contributed by atoms with Crippen molar-refractivity contribution >= 4 is 34.9 Å². The van der Waals surface area contributed by atoms with Crippen LogP contribution in [0.4, 0.5) is 5.69 Å². The zero-order valence-electron chi connectivity index (χ0n) is 7.41. The van der Waals surface area contributed by atoms with Crippen molar-refractivity contribution in [2.45, 2.75) is 0 Å². The molecule has 0 fully saturated rings. The van der Waals surface area contributed by atoms with Crippen molar-refractivity contribution in [2.75, 3.05) is 5.01 Å². The van der Waals surface area contributed by atoms with E-state index in [0.29, 0.717) is 10.7 Å². The predicted octanol–water partition coefficient (Wildman–Crippen LogP) is -1.48. The van der Waals surface area contributed by atoms with E-state index < -0.39 is 5.03 Å². The number of hydrogen-bond donors (Lipinski definition) is 0. The normalized spacial score (nSPS) is 8.57. The molecule has 0 aromatic heterocycles. The maximum absolute atomic E-state index is 10.5. The Labute approximate surface area is 135 Å². The van der Waals surface area contributed by atoms with Crippen LogP contribution >= 0.6 is 12.2 Å². The molecule has 0 aliphatic heterocycles. The fourth-order valence-corrected chi connectivity index (χ4v) is 1.18. The van der Waals surface area contributed by atoms with Crippen LogP contribution in [0.3, 0.4) is 0 Å². The molecule has 0 saturated heterocycles. The maximum atomic E-state index is 10.5. The Balaban J connectivity index is 0.00000169. The third-order valence-corrected chi connectivity index (χ3v) is 1.68. The van der Waals surface area contributed by atoms with Crippen molar-refractivity contribution in [3.63, 3.8) is 0 Å². The summed E-state index contributed by atoms with van der Waals surface area (Å²) in [6.45, 7) is 0. The number of nitro groups is 1. The summed E-state index contributed by atoms with van der Waals surface area (Å²) in [7, 11) is 0. The third-order valence-electron chi connectivity index (χ3n) is 1.34. The van der Waals surface area contributed by atoms with Gasteiger partial charge >= 0.3 is 51.4 Å². The Bertz CT molecular complexity index is 320. The predicted molar refractivity (Wildman–Crippen MR) is 55.9 cm³/mol. The zero-order chi connectivity index (χ0) is 9.84. The minimum atomic E-state index is -0.634. The Kier molecular flexibility index (Phi) is 6.96. The number of benzene rings is 1. The zero-order valence-corrected chi connectivity index (χ0v) is 12.2. The van der Waals surface area contributed by atoms with E-state index in [1.807, 2.05) is 0 Å². The standard InChI is InChI=1S/C7H6N2O2S2.K/c10-9(11)8(7(12)13)6-4-2-1-3-5-6;/h1-5H,(H,12,13);/q;+1/p-1. The molecule has 0 spiro atoms. The molecule has 1 rings (SSSR count). The number of nitrogens with zero attached hydrogens (tertiary/aromatic N) is 2. The molecule has 1 aromatic rings. The molecule has 1 aromatic carbocycles. The van der Waals surface area contributed by atoms with Gasteiger partial charge in [0.2, 0.25) is 0 Å².